The fourth-order valence-corrected chi connectivity index (χ4v) is 2.66. The second-order valence-corrected chi connectivity index (χ2v) is 5.68. The molecule has 24 heavy (non-hydrogen) atoms. The Labute approximate surface area is 140 Å². The van der Waals surface area contributed by atoms with Gasteiger partial charge in [-0.2, -0.15) is 0 Å². The zero-order chi connectivity index (χ0) is 16.9. The Kier molecular flexibility index (Phi) is 4.75. The summed E-state index contributed by atoms with van der Waals surface area (Å²) in [5, 5.41) is 0.839. The molecule has 4 nitrogen and oxygen atoms in total. The highest BCUT2D eigenvalue weighted by Gasteiger charge is 2.16. The van der Waals surface area contributed by atoms with Gasteiger partial charge in [-0.15, -0.1) is 0 Å². The summed E-state index contributed by atoms with van der Waals surface area (Å²) < 4.78 is 5.97. The van der Waals surface area contributed by atoms with Gasteiger partial charge in [-0.1, -0.05) is 43.3 Å². The Hall–Kier alpha value is -2.88. The van der Waals surface area contributed by atoms with Crippen LogP contribution in [0.1, 0.15) is 35.7 Å². The minimum absolute atomic E-state index is 0.0205. The Bertz CT molecular complexity index is 913. The summed E-state index contributed by atoms with van der Waals surface area (Å²) in [6.07, 6.45) is 1.21. The van der Waals surface area contributed by atoms with Gasteiger partial charge < -0.3 is 9.72 Å². The van der Waals surface area contributed by atoms with Crippen molar-refractivity contribution < 1.29 is 9.53 Å². The second kappa shape index (κ2) is 7.13. The van der Waals surface area contributed by atoms with E-state index >= 15 is 0 Å². The van der Waals surface area contributed by atoms with Crippen LogP contribution in [0.25, 0.3) is 10.9 Å². The van der Waals surface area contributed by atoms with Crippen molar-refractivity contribution in [1.82, 2.24) is 4.98 Å². The van der Waals surface area contributed by atoms with E-state index in [1.165, 1.54) is 6.07 Å². The van der Waals surface area contributed by atoms with Crippen molar-refractivity contribution in [3.05, 3.63) is 76.1 Å². The molecule has 0 saturated heterocycles. The molecular formula is C20H19NO3. The van der Waals surface area contributed by atoms with Crippen molar-refractivity contribution in [2.24, 2.45) is 0 Å². The molecule has 0 fully saturated rings. The molecule has 0 bridgehead atoms. The van der Waals surface area contributed by atoms with Crippen LogP contribution in [-0.2, 0) is 6.61 Å². The lowest BCUT2D eigenvalue weighted by Crippen LogP contribution is -2.09. The predicted molar refractivity (Wildman–Crippen MR) is 94.6 cm³/mol. The predicted octanol–water partition coefficient (Wildman–Crippen LogP) is 4.09. The first-order chi connectivity index (χ1) is 11.7. The molecule has 3 rings (SSSR count). The molecule has 1 heterocycles. The van der Waals surface area contributed by atoms with Gasteiger partial charge in [0.05, 0.1) is 11.1 Å². The van der Waals surface area contributed by atoms with Crippen LogP contribution in [0.15, 0.2) is 59.4 Å². The maximum Gasteiger partial charge on any atom is 0.248 e. The molecule has 0 aliphatic heterocycles. The number of pyridine rings is 1. The van der Waals surface area contributed by atoms with Crippen molar-refractivity contribution >= 4 is 16.7 Å². The number of hydrogen-bond donors (Lipinski definition) is 1. The molecule has 2 aromatic carbocycles. The van der Waals surface area contributed by atoms with Gasteiger partial charge in [0.1, 0.15) is 6.61 Å². The van der Waals surface area contributed by atoms with Crippen LogP contribution in [0.3, 0.4) is 0 Å². The zero-order valence-electron chi connectivity index (χ0n) is 13.5. The van der Waals surface area contributed by atoms with E-state index < -0.39 is 0 Å². The molecule has 3 aromatic rings. The number of fused-ring (bicyclic) bond motifs is 1. The molecular weight excluding hydrogens is 302 g/mol. The molecule has 122 valence electrons. The summed E-state index contributed by atoms with van der Waals surface area (Å²) in [6, 6.07) is 16.6. The zero-order valence-corrected chi connectivity index (χ0v) is 13.5. The number of ketones is 1. The highest BCUT2D eigenvalue weighted by atomic mass is 16.5. The Morgan fingerprint density at radius 2 is 1.79 bits per heavy atom. The lowest BCUT2D eigenvalue weighted by Gasteiger charge is -2.13. The van der Waals surface area contributed by atoms with E-state index in [-0.39, 0.29) is 11.3 Å². The molecule has 0 unspecified atom stereocenters. The summed E-state index contributed by atoms with van der Waals surface area (Å²) in [6.45, 7) is 2.30. The number of Topliss-reactive ketones (excluding diaryl/α,β-unsaturated/α-hetero) is 1. The fraction of sp³-hybridized carbons (Fsp3) is 0.200. The van der Waals surface area contributed by atoms with Gasteiger partial charge in [0.15, 0.2) is 11.5 Å². The first-order valence-electron chi connectivity index (χ1n) is 8.05. The Morgan fingerprint density at radius 1 is 1.04 bits per heavy atom. The standard InChI is InChI=1S/C20H19NO3/c1-2-6-17(22)16-11-9-15-10-12-18(23)21-19(15)20(16)24-13-14-7-4-3-5-8-14/h3-5,7-12H,2,6,13H2,1H3,(H,21,23). The summed E-state index contributed by atoms with van der Waals surface area (Å²) in [7, 11) is 0. The SMILES string of the molecule is CCCC(=O)c1ccc2ccc(=O)[nH]c2c1OCc1ccccc1. The third kappa shape index (κ3) is 3.38. The maximum atomic E-state index is 12.4. The number of nitrogens with one attached hydrogen (secondary N) is 1. The summed E-state index contributed by atoms with van der Waals surface area (Å²) >= 11 is 0. The second-order valence-electron chi connectivity index (χ2n) is 5.68. The van der Waals surface area contributed by atoms with Crippen LogP contribution in [-0.4, -0.2) is 10.8 Å². The van der Waals surface area contributed by atoms with Crippen LogP contribution < -0.4 is 10.3 Å². The largest absolute Gasteiger partial charge is 0.486 e. The first-order valence-corrected chi connectivity index (χ1v) is 8.05. The minimum atomic E-state index is -0.216. The van der Waals surface area contributed by atoms with Crippen molar-refractivity contribution in [2.45, 2.75) is 26.4 Å². The van der Waals surface area contributed by atoms with Gasteiger partial charge in [0.2, 0.25) is 5.56 Å². The normalized spacial score (nSPS) is 10.7. The van der Waals surface area contributed by atoms with E-state index in [1.54, 1.807) is 12.1 Å². The molecule has 0 amide bonds. The molecule has 1 aromatic heterocycles. The monoisotopic (exact) mass is 321 g/mol. The molecule has 0 aliphatic carbocycles. The van der Waals surface area contributed by atoms with Gasteiger partial charge in [0.25, 0.3) is 0 Å². The fourth-order valence-electron chi connectivity index (χ4n) is 2.66. The molecule has 1 N–H and O–H groups in total. The number of rotatable bonds is 6. The summed E-state index contributed by atoms with van der Waals surface area (Å²) in [4.78, 5) is 27.0. The topological polar surface area (TPSA) is 59.2 Å². The van der Waals surface area contributed by atoms with E-state index in [2.05, 4.69) is 4.98 Å². The van der Waals surface area contributed by atoms with E-state index in [0.29, 0.717) is 29.9 Å². The highest BCUT2D eigenvalue weighted by molar-refractivity contribution is 6.03. The summed E-state index contributed by atoms with van der Waals surface area (Å²) in [5.41, 5.74) is 1.87. The third-order valence-electron chi connectivity index (χ3n) is 3.86. The summed E-state index contributed by atoms with van der Waals surface area (Å²) in [5.74, 6) is 0.472. The number of aromatic amines is 1. The third-order valence-corrected chi connectivity index (χ3v) is 3.86. The van der Waals surface area contributed by atoms with E-state index in [0.717, 1.165) is 17.4 Å². The van der Waals surface area contributed by atoms with Gasteiger partial charge in [-0.3, -0.25) is 9.59 Å². The smallest absolute Gasteiger partial charge is 0.248 e. The number of carbonyl (C=O) groups excluding carboxylic acids is 1. The molecule has 4 heteroatoms. The average molecular weight is 321 g/mol. The molecule has 0 saturated carbocycles. The van der Waals surface area contributed by atoms with Crippen LogP contribution in [0.2, 0.25) is 0 Å². The Balaban J connectivity index is 2.06. The van der Waals surface area contributed by atoms with Gasteiger partial charge in [-0.25, -0.2) is 0 Å². The van der Waals surface area contributed by atoms with Gasteiger partial charge >= 0.3 is 0 Å². The van der Waals surface area contributed by atoms with Crippen molar-refractivity contribution in [3.63, 3.8) is 0 Å². The minimum Gasteiger partial charge on any atom is -0.486 e. The average Bonchev–Trinajstić information content (AvgIpc) is 2.60. The molecule has 0 aliphatic rings. The van der Waals surface area contributed by atoms with Crippen molar-refractivity contribution in [2.75, 3.05) is 0 Å². The number of carbonyl (C=O) groups is 1. The molecule has 0 atom stereocenters. The van der Waals surface area contributed by atoms with E-state index in [1.807, 2.05) is 43.3 Å². The van der Waals surface area contributed by atoms with Crippen LogP contribution in [0.5, 0.6) is 5.75 Å². The van der Waals surface area contributed by atoms with Crippen LogP contribution in [0.4, 0.5) is 0 Å². The van der Waals surface area contributed by atoms with Crippen molar-refractivity contribution in [1.29, 1.82) is 0 Å². The lowest BCUT2D eigenvalue weighted by molar-refractivity contribution is 0.0977. The number of aromatic nitrogens is 1. The number of hydrogen-bond acceptors (Lipinski definition) is 3. The first kappa shape index (κ1) is 16.0. The number of benzene rings is 2. The van der Waals surface area contributed by atoms with E-state index in [4.69, 9.17) is 4.74 Å². The van der Waals surface area contributed by atoms with Crippen LogP contribution in [0, 0.1) is 0 Å². The maximum absolute atomic E-state index is 12.4. The van der Waals surface area contributed by atoms with Crippen LogP contribution >= 0.6 is 0 Å². The van der Waals surface area contributed by atoms with E-state index in [9.17, 15) is 9.59 Å². The van der Waals surface area contributed by atoms with Gasteiger partial charge in [0, 0.05) is 17.9 Å². The Morgan fingerprint density at radius 3 is 2.54 bits per heavy atom. The van der Waals surface area contributed by atoms with Crippen molar-refractivity contribution in [3.8, 4) is 5.75 Å². The lowest BCUT2D eigenvalue weighted by atomic mass is 10.0. The quantitative estimate of drug-likeness (QED) is 0.696. The number of H-pyrrole nitrogens is 1. The molecule has 0 spiro atoms. The van der Waals surface area contributed by atoms with Gasteiger partial charge in [-0.05, 0) is 24.1 Å². The highest BCUT2D eigenvalue weighted by Crippen LogP contribution is 2.29. The molecule has 0 radical (unpaired) electrons. The number of ether oxygens (including phenoxy) is 1.